The monoisotopic (exact) mass is 238 g/mol. The van der Waals surface area contributed by atoms with Gasteiger partial charge in [0.25, 0.3) is 0 Å². The van der Waals surface area contributed by atoms with Crippen molar-refractivity contribution < 1.29 is 9.72 Å². The zero-order chi connectivity index (χ0) is 12.4. The van der Waals surface area contributed by atoms with Crippen LogP contribution in [0.2, 0.25) is 0 Å². The van der Waals surface area contributed by atoms with Crippen molar-refractivity contribution in [3.63, 3.8) is 0 Å². The van der Waals surface area contributed by atoms with E-state index in [2.05, 4.69) is 4.98 Å². The quantitative estimate of drug-likeness (QED) is 0.576. The van der Waals surface area contributed by atoms with Gasteiger partial charge in [-0.25, -0.2) is 0 Å². The molecule has 0 N–H and O–H groups in total. The van der Waals surface area contributed by atoms with E-state index in [1.807, 2.05) is 11.8 Å². The average Bonchev–Trinajstić information content (AvgIpc) is 2.86. The maximum absolute atomic E-state index is 11.9. The summed E-state index contributed by atoms with van der Waals surface area (Å²) in [6.07, 6.45) is 4.64. The first-order chi connectivity index (χ1) is 8.08. The van der Waals surface area contributed by atoms with Crippen LogP contribution in [0.1, 0.15) is 19.8 Å². The van der Waals surface area contributed by atoms with E-state index < -0.39 is 4.92 Å². The van der Waals surface area contributed by atoms with Crippen molar-refractivity contribution in [3.05, 3.63) is 22.6 Å². The minimum absolute atomic E-state index is 0.0118. The molecule has 1 aromatic heterocycles. The number of aromatic nitrogens is 2. The second kappa shape index (κ2) is 4.52. The van der Waals surface area contributed by atoms with Crippen LogP contribution in [0.15, 0.2) is 12.5 Å². The van der Waals surface area contributed by atoms with Gasteiger partial charge in [-0.1, -0.05) is 0 Å². The van der Waals surface area contributed by atoms with E-state index in [9.17, 15) is 14.9 Å². The first-order valence-electron chi connectivity index (χ1n) is 5.53. The van der Waals surface area contributed by atoms with Crippen LogP contribution in [0, 0.1) is 10.1 Å². The van der Waals surface area contributed by atoms with E-state index in [-0.39, 0.29) is 24.3 Å². The van der Waals surface area contributed by atoms with Gasteiger partial charge in [0.15, 0.2) is 0 Å². The number of imidazole rings is 1. The Labute approximate surface area is 98.2 Å². The van der Waals surface area contributed by atoms with Gasteiger partial charge in [0.1, 0.15) is 12.7 Å². The van der Waals surface area contributed by atoms with Crippen LogP contribution in [-0.2, 0) is 11.3 Å². The fraction of sp³-hybridized carbons (Fsp3) is 0.600. The summed E-state index contributed by atoms with van der Waals surface area (Å²) in [5.41, 5.74) is 0. The first kappa shape index (κ1) is 11.6. The van der Waals surface area contributed by atoms with Crippen LogP contribution < -0.4 is 0 Å². The Morgan fingerprint density at radius 3 is 3.00 bits per heavy atom. The predicted molar refractivity (Wildman–Crippen MR) is 59.3 cm³/mol. The number of hydrogen-bond donors (Lipinski definition) is 0. The van der Waals surface area contributed by atoms with Crippen LogP contribution in [0.3, 0.4) is 0 Å². The van der Waals surface area contributed by atoms with E-state index in [4.69, 9.17) is 0 Å². The molecule has 0 spiro atoms. The third-order valence-electron chi connectivity index (χ3n) is 3.00. The summed E-state index contributed by atoms with van der Waals surface area (Å²) in [6, 6.07) is 0.265. The van der Waals surface area contributed by atoms with Crippen molar-refractivity contribution in [2.45, 2.75) is 32.4 Å². The second-order valence-electron chi connectivity index (χ2n) is 4.24. The maximum Gasteiger partial charge on any atom is 0.381 e. The smallest absolute Gasteiger partial charge is 0.358 e. The summed E-state index contributed by atoms with van der Waals surface area (Å²) < 4.78 is 1.45. The predicted octanol–water partition coefficient (Wildman–Crippen LogP) is 0.802. The molecule has 1 atom stereocenters. The normalized spacial score (nSPS) is 19.6. The van der Waals surface area contributed by atoms with Crippen LogP contribution in [-0.4, -0.2) is 37.9 Å². The Hall–Kier alpha value is -1.92. The molecule has 17 heavy (non-hydrogen) atoms. The molecule has 1 aliphatic rings. The molecule has 2 rings (SSSR count). The van der Waals surface area contributed by atoms with Crippen LogP contribution in [0.25, 0.3) is 0 Å². The Kier molecular flexibility index (Phi) is 3.08. The molecule has 1 aliphatic heterocycles. The standard InChI is InChI=1S/C10H14N4O3/c1-8-3-2-4-13(8)10(15)6-12-5-9(11-7-12)14(16)17/h5,7-8H,2-4,6H2,1H3/t8-/m1/s1. The van der Waals surface area contributed by atoms with Crippen LogP contribution in [0.4, 0.5) is 5.82 Å². The highest BCUT2D eigenvalue weighted by atomic mass is 16.6. The molecule has 0 aromatic carbocycles. The van der Waals surface area contributed by atoms with Crippen molar-refractivity contribution in [1.82, 2.24) is 14.5 Å². The molecule has 2 heterocycles. The summed E-state index contributed by atoms with van der Waals surface area (Å²) in [7, 11) is 0. The average molecular weight is 238 g/mol. The number of nitrogens with zero attached hydrogens (tertiary/aromatic N) is 4. The fourth-order valence-electron chi connectivity index (χ4n) is 2.08. The molecule has 92 valence electrons. The largest absolute Gasteiger partial charge is 0.381 e. The number of carbonyl (C=O) groups is 1. The molecular weight excluding hydrogens is 224 g/mol. The summed E-state index contributed by atoms with van der Waals surface area (Å²) in [4.78, 5) is 27.2. The van der Waals surface area contributed by atoms with Gasteiger partial charge in [-0.05, 0) is 29.7 Å². The molecule has 1 aromatic rings. The lowest BCUT2D eigenvalue weighted by atomic mass is 10.2. The molecule has 0 bridgehead atoms. The third kappa shape index (κ3) is 2.43. The van der Waals surface area contributed by atoms with Crippen molar-refractivity contribution in [2.24, 2.45) is 0 Å². The van der Waals surface area contributed by atoms with E-state index in [0.717, 1.165) is 19.4 Å². The molecule has 1 amide bonds. The van der Waals surface area contributed by atoms with Gasteiger partial charge >= 0.3 is 5.82 Å². The molecule has 0 aliphatic carbocycles. The summed E-state index contributed by atoms with van der Waals surface area (Å²) >= 11 is 0. The minimum atomic E-state index is -0.570. The van der Waals surface area contributed by atoms with Gasteiger partial charge in [-0.15, -0.1) is 0 Å². The number of hydrogen-bond acceptors (Lipinski definition) is 4. The Balaban J connectivity index is 2.00. The second-order valence-corrected chi connectivity index (χ2v) is 4.24. The van der Waals surface area contributed by atoms with Crippen molar-refractivity contribution >= 4 is 11.7 Å². The molecule has 7 heteroatoms. The minimum Gasteiger partial charge on any atom is -0.358 e. The molecule has 0 saturated carbocycles. The molecule has 1 fully saturated rings. The van der Waals surface area contributed by atoms with E-state index >= 15 is 0 Å². The molecule has 7 nitrogen and oxygen atoms in total. The number of amides is 1. The Morgan fingerprint density at radius 1 is 1.71 bits per heavy atom. The van der Waals surface area contributed by atoms with Gasteiger partial charge in [0.2, 0.25) is 12.2 Å². The highest BCUT2D eigenvalue weighted by molar-refractivity contribution is 5.76. The lowest BCUT2D eigenvalue weighted by molar-refractivity contribution is -0.389. The maximum atomic E-state index is 11.9. The summed E-state index contributed by atoms with van der Waals surface area (Å²) in [6.45, 7) is 2.91. The van der Waals surface area contributed by atoms with Crippen LogP contribution in [0.5, 0.6) is 0 Å². The van der Waals surface area contributed by atoms with Crippen LogP contribution >= 0.6 is 0 Å². The number of rotatable bonds is 3. The fourth-order valence-corrected chi connectivity index (χ4v) is 2.08. The zero-order valence-corrected chi connectivity index (χ0v) is 9.57. The molecule has 0 unspecified atom stereocenters. The van der Waals surface area contributed by atoms with Crippen molar-refractivity contribution in [3.8, 4) is 0 Å². The zero-order valence-electron chi connectivity index (χ0n) is 9.57. The van der Waals surface area contributed by atoms with E-state index in [1.165, 1.54) is 17.1 Å². The SMILES string of the molecule is C[C@@H]1CCCN1C(=O)Cn1cnc([N+](=O)[O-])c1. The Bertz CT molecular complexity index is 443. The first-order valence-corrected chi connectivity index (χ1v) is 5.53. The summed E-state index contributed by atoms with van der Waals surface area (Å²) in [5.74, 6) is -0.241. The van der Waals surface area contributed by atoms with E-state index in [1.54, 1.807) is 0 Å². The van der Waals surface area contributed by atoms with Gasteiger partial charge in [-0.3, -0.25) is 4.79 Å². The highest BCUT2D eigenvalue weighted by Crippen LogP contribution is 2.17. The molecule has 1 saturated heterocycles. The lowest BCUT2D eigenvalue weighted by Gasteiger charge is -2.21. The van der Waals surface area contributed by atoms with E-state index in [0.29, 0.717) is 0 Å². The van der Waals surface area contributed by atoms with Crippen molar-refractivity contribution in [1.29, 1.82) is 0 Å². The van der Waals surface area contributed by atoms with Gasteiger partial charge in [-0.2, -0.15) is 0 Å². The lowest BCUT2D eigenvalue weighted by Crippen LogP contribution is -2.35. The number of likely N-dealkylation sites (tertiary alicyclic amines) is 1. The highest BCUT2D eigenvalue weighted by Gasteiger charge is 2.25. The number of carbonyl (C=O) groups excluding carboxylic acids is 1. The number of nitro groups is 1. The van der Waals surface area contributed by atoms with Gasteiger partial charge in [0.05, 0.1) is 0 Å². The van der Waals surface area contributed by atoms with Gasteiger partial charge in [0, 0.05) is 12.6 Å². The third-order valence-corrected chi connectivity index (χ3v) is 3.00. The summed E-state index contributed by atoms with van der Waals surface area (Å²) in [5, 5.41) is 10.4. The Morgan fingerprint density at radius 2 is 2.47 bits per heavy atom. The topological polar surface area (TPSA) is 81.3 Å². The molecule has 0 radical (unpaired) electrons. The van der Waals surface area contributed by atoms with Gasteiger partial charge < -0.3 is 19.6 Å². The molecular formula is C10H14N4O3. The van der Waals surface area contributed by atoms with Crippen molar-refractivity contribution in [2.75, 3.05) is 6.54 Å².